The Morgan fingerprint density at radius 2 is 2.00 bits per heavy atom. The molecule has 17 heavy (non-hydrogen) atoms. The zero-order valence-electron chi connectivity index (χ0n) is 9.58. The summed E-state index contributed by atoms with van der Waals surface area (Å²) in [5.41, 5.74) is 5.40. The molecule has 1 rings (SSSR count). The van der Waals surface area contributed by atoms with Crippen LogP contribution in [0.2, 0.25) is 5.02 Å². The molecule has 0 saturated heterocycles. The Kier molecular flexibility index (Phi) is 5.68. The first-order chi connectivity index (χ1) is 7.29. The number of phenols is 1. The molecule has 1 atom stereocenters. The average Bonchev–Trinajstić information content (AvgIpc) is 2.22. The van der Waals surface area contributed by atoms with Crippen LogP contribution >= 0.6 is 24.0 Å². The van der Waals surface area contributed by atoms with Gasteiger partial charge in [-0.2, -0.15) is 0 Å². The van der Waals surface area contributed by atoms with Crippen molar-refractivity contribution in [1.82, 2.24) is 0 Å². The van der Waals surface area contributed by atoms with Crippen LogP contribution in [-0.2, 0) is 0 Å². The molecule has 0 amide bonds. The number of phenolic OH excluding ortho intramolecular Hbond substituents is 1. The molecule has 0 aliphatic rings. The lowest BCUT2D eigenvalue weighted by Crippen LogP contribution is -2.32. The van der Waals surface area contributed by atoms with Crippen LogP contribution in [0.5, 0.6) is 5.75 Å². The minimum absolute atomic E-state index is 0. The maximum absolute atomic E-state index is 13.1. The van der Waals surface area contributed by atoms with E-state index in [1.807, 2.05) is 0 Å². The highest BCUT2D eigenvalue weighted by atomic mass is 35.5. The van der Waals surface area contributed by atoms with Gasteiger partial charge in [0.25, 0.3) is 0 Å². The number of halogens is 3. The van der Waals surface area contributed by atoms with E-state index in [2.05, 4.69) is 0 Å². The molecule has 0 bridgehead atoms. The van der Waals surface area contributed by atoms with Crippen LogP contribution in [0.3, 0.4) is 0 Å². The Labute approximate surface area is 111 Å². The molecule has 0 heterocycles. The smallest absolute Gasteiger partial charge is 0.139 e. The number of rotatable bonds is 3. The van der Waals surface area contributed by atoms with E-state index < -0.39 is 17.3 Å². The third-order valence-corrected chi connectivity index (χ3v) is 2.93. The van der Waals surface area contributed by atoms with Gasteiger partial charge in [-0.05, 0) is 12.1 Å². The van der Waals surface area contributed by atoms with Crippen LogP contribution < -0.4 is 5.73 Å². The lowest BCUT2D eigenvalue weighted by molar-refractivity contribution is 0.131. The minimum atomic E-state index is -0.703. The zero-order valence-corrected chi connectivity index (χ0v) is 11.1. The Morgan fingerprint density at radius 1 is 1.47 bits per heavy atom. The molecule has 1 aromatic rings. The molecule has 0 saturated carbocycles. The first-order valence-electron chi connectivity index (χ1n) is 4.84. The maximum Gasteiger partial charge on any atom is 0.139 e. The van der Waals surface area contributed by atoms with E-state index in [1.165, 1.54) is 0 Å². The second-order valence-corrected chi connectivity index (χ2v) is 4.86. The second kappa shape index (κ2) is 5.87. The Balaban J connectivity index is 0.00000256. The van der Waals surface area contributed by atoms with E-state index in [9.17, 15) is 9.50 Å². The fourth-order valence-electron chi connectivity index (χ4n) is 1.34. The first-order valence-corrected chi connectivity index (χ1v) is 5.21. The molecule has 0 radical (unpaired) electrons. The number of hydrogen-bond acceptors (Lipinski definition) is 3. The molecule has 0 unspecified atom stereocenters. The van der Waals surface area contributed by atoms with Crippen LogP contribution in [0.15, 0.2) is 12.1 Å². The van der Waals surface area contributed by atoms with Gasteiger partial charge in [0.2, 0.25) is 0 Å². The van der Waals surface area contributed by atoms with Gasteiger partial charge in [0, 0.05) is 23.6 Å². The van der Waals surface area contributed by atoms with Crippen LogP contribution in [0.4, 0.5) is 4.39 Å². The monoisotopic (exact) mass is 283 g/mol. The lowest BCUT2D eigenvalue weighted by Gasteiger charge is -2.30. The number of aliphatic hydroxyl groups excluding tert-OH is 1. The van der Waals surface area contributed by atoms with Gasteiger partial charge >= 0.3 is 0 Å². The van der Waals surface area contributed by atoms with Crippen molar-refractivity contribution in [1.29, 1.82) is 0 Å². The summed E-state index contributed by atoms with van der Waals surface area (Å²) >= 11 is 5.65. The highest BCUT2D eigenvalue weighted by Gasteiger charge is 2.30. The topological polar surface area (TPSA) is 66.5 Å². The van der Waals surface area contributed by atoms with E-state index in [1.54, 1.807) is 13.8 Å². The Morgan fingerprint density at radius 3 is 2.47 bits per heavy atom. The summed E-state index contributed by atoms with van der Waals surface area (Å²) < 4.78 is 13.1. The van der Waals surface area contributed by atoms with E-state index in [4.69, 9.17) is 22.4 Å². The van der Waals surface area contributed by atoms with E-state index in [-0.39, 0.29) is 35.3 Å². The van der Waals surface area contributed by atoms with Gasteiger partial charge in [-0.1, -0.05) is 25.4 Å². The van der Waals surface area contributed by atoms with Crippen molar-refractivity contribution >= 4 is 24.0 Å². The van der Waals surface area contributed by atoms with Crippen molar-refractivity contribution < 1.29 is 14.6 Å². The summed E-state index contributed by atoms with van der Waals surface area (Å²) in [5.74, 6) is -0.806. The number of hydrogen-bond donors (Lipinski definition) is 3. The van der Waals surface area contributed by atoms with Crippen molar-refractivity contribution in [3.05, 3.63) is 28.5 Å². The van der Waals surface area contributed by atoms with Gasteiger partial charge in [0.15, 0.2) is 0 Å². The fraction of sp³-hybridized carbons (Fsp3) is 0.455. The number of aromatic hydroxyl groups is 1. The molecule has 4 N–H and O–H groups in total. The summed E-state index contributed by atoms with van der Waals surface area (Å²) in [4.78, 5) is 0. The molecular formula is C11H16Cl2FNO2. The molecule has 1 aromatic carbocycles. The quantitative estimate of drug-likeness (QED) is 0.799. The molecule has 98 valence electrons. The third-order valence-electron chi connectivity index (χ3n) is 2.64. The highest BCUT2D eigenvalue weighted by molar-refractivity contribution is 6.32. The van der Waals surface area contributed by atoms with E-state index in [0.29, 0.717) is 0 Å². The van der Waals surface area contributed by atoms with Crippen LogP contribution in [0, 0.1) is 11.2 Å². The predicted octanol–water partition coefficient (Wildman–Crippen LogP) is 2.62. The maximum atomic E-state index is 13.1. The summed E-state index contributed by atoms with van der Waals surface area (Å²) in [5, 5.41) is 18.8. The molecule has 0 aromatic heterocycles. The van der Waals surface area contributed by atoms with Crippen molar-refractivity contribution in [2.45, 2.75) is 19.9 Å². The second-order valence-electron chi connectivity index (χ2n) is 4.45. The summed E-state index contributed by atoms with van der Waals surface area (Å²) in [6.45, 7) is 3.26. The van der Waals surface area contributed by atoms with Gasteiger partial charge in [0.1, 0.15) is 11.6 Å². The zero-order chi connectivity index (χ0) is 12.5. The van der Waals surface area contributed by atoms with Gasteiger partial charge in [-0.3, -0.25) is 0 Å². The summed E-state index contributed by atoms with van der Waals surface area (Å²) in [7, 11) is 0. The molecule has 0 spiro atoms. The normalized spacial score (nSPS) is 13.1. The van der Waals surface area contributed by atoms with Crippen molar-refractivity contribution in [3.8, 4) is 5.75 Å². The van der Waals surface area contributed by atoms with Crippen molar-refractivity contribution in [2.24, 2.45) is 11.1 Å². The van der Waals surface area contributed by atoms with Crippen molar-refractivity contribution in [2.75, 3.05) is 6.61 Å². The van der Waals surface area contributed by atoms with Gasteiger partial charge in [-0.25, -0.2) is 4.39 Å². The summed E-state index contributed by atoms with van der Waals surface area (Å²) in [6.07, 6.45) is 0. The van der Waals surface area contributed by atoms with Crippen molar-refractivity contribution in [3.63, 3.8) is 0 Å². The molecular weight excluding hydrogens is 268 g/mol. The number of nitrogens with two attached hydrogens (primary N) is 1. The third kappa shape index (κ3) is 3.45. The SMILES string of the molecule is CC(C)(CO)[C@H](N)c1cc(F)cc(Cl)c1O.Cl. The lowest BCUT2D eigenvalue weighted by atomic mass is 9.81. The summed E-state index contributed by atoms with van der Waals surface area (Å²) in [6, 6.07) is 1.44. The largest absolute Gasteiger partial charge is 0.506 e. The van der Waals surface area contributed by atoms with Crippen LogP contribution in [0.1, 0.15) is 25.5 Å². The van der Waals surface area contributed by atoms with Gasteiger partial charge < -0.3 is 15.9 Å². The van der Waals surface area contributed by atoms with Gasteiger partial charge in [0.05, 0.1) is 5.02 Å². The average molecular weight is 284 g/mol. The van der Waals surface area contributed by atoms with E-state index >= 15 is 0 Å². The molecule has 6 heteroatoms. The predicted molar refractivity (Wildman–Crippen MR) is 68.1 cm³/mol. The van der Waals surface area contributed by atoms with Crippen LogP contribution in [-0.4, -0.2) is 16.8 Å². The molecule has 3 nitrogen and oxygen atoms in total. The molecule has 0 aliphatic carbocycles. The van der Waals surface area contributed by atoms with Crippen LogP contribution in [0.25, 0.3) is 0 Å². The minimum Gasteiger partial charge on any atom is -0.506 e. The first kappa shape index (κ1) is 16.4. The fourth-order valence-corrected chi connectivity index (χ4v) is 1.56. The number of benzene rings is 1. The molecule has 0 fully saturated rings. The Bertz CT molecular complexity index is 399. The standard InChI is InChI=1S/C11H15ClFNO2.ClH/c1-11(2,5-15)10(14)7-3-6(13)4-8(12)9(7)16;/h3-4,10,15-16H,5,14H2,1-2H3;1H/t10-;/m1./s1. The Hall–Kier alpha value is -0.550. The molecule has 0 aliphatic heterocycles. The number of aliphatic hydroxyl groups is 1. The van der Waals surface area contributed by atoms with Gasteiger partial charge in [-0.15, -0.1) is 12.4 Å². The highest BCUT2D eigenvalue weighted by Crippen LogP contribution is 2.38. The van der Waals surface area contributed by atoms with E-state index in [0.717, 1.165) is 12.1 Å².